The van der Waals surface area contributed by atoms with Crippen LogP contribution >= 0.6 is 0 Å². The van der Waals surface area contributed by atoms with Crippen molar-refractivity contribution in [2.75, 3.05) is 6.54 Å². The van der Waals surface area contributed by atoms with Crippen molar-refractivity contribution in [1.29, 1.82) is 0 Å². The third-order valence-corrected chi connectivity index (χ3v) is 4.51. The molecule has 3 rings (SSSR count). The zero-order valence-electron chi connectivity index (χ0n) is 16.2. The number of nitrogens with zero attached hydrogens (tertiary/aromatic N) is 5. The van der Waals surface area contributed by atoms with Crippen molar-refractivity contribution in [2.45, 2.75) is 46.8 Å². The van der Waals surface area contributed by atoms with Crippen LogP contribution in [0.3, 0.4) is 0 Å². The highest BCUT2D eigenvalue weighted by atomic mass is 16.5. The van der Waals surface area contributed by atoms with Crippen molar-refractivity contribution in [3.8, 4) is 0 Å². The third-order valence-electron chi connectivity index (χ3n) is 4.51. The molecular formula is C19H23N5O4. The standard InChI is InChI=1S/C19H23N5O4/c1-4-8-24-16(20-21-22-24)11-28-19(27)13-5-6-14-15(10-13)18(26)23(17(14)25)9-7-12(2)3/h5-6,10,12H,4,7-9,11H2,1-3H3. The van der Waals surface area contributed by atoms with Crippen LogP contribution in [0.1, 0.15) is 70.5 Å². The molecular weight excluding hydrogens is 362 g/mol. The van der Waals surface area contributed by atoms with E-state index in [4.69, 9.17) is 4.74 Å². The molecule has 1 aromatic heterocycles. The Morgan fingerprint density at radius 2 is 1.89 bits per heavy atom. The molecule has 0 aliphatic carbocycles. The summed E-state index contributed by atoms with van der Waals surface area (Å²) >= 11 is 0. The van der Waals surface area contributed by atoms with E-state index >= 15 is 0 Å². The number of fused-ring (bicyclic) bond motifs is 1. The van der Waals surface area contributed by atoms with Crippen LogP contribution in [0, 0.1) is 5.92 Å². The highest BCUT2D eigenvalue weighted by Crippen LogP contribution is 2.25. The minimum absolute atomic E-state index is 0.0731. The predicted octanol–water partition coefficient (Wildman–Crippen LogP) is 2.08. The molecule has 1 aliphatic heterocycles. The summed E-state index contributed by atoms with van der Waals surface area (Å²) in [6, 6.07) is 4.41. The molecule has 28 heavy (non-hydrogen) atoms. The van der Waals surface area contributed by atoms with Crippen molar-refractivity contribution in [3.05, 3.63) is 40.7 Å². The van der Waals surface area contributed by atoms with E-state index in [0.29, 0.717) is 30.4 Å². The SMILES string of the molecule is CCCn1nnnc1COC(=O)c1ccc2c(c1)C(=O)N(CCC(C)C)C2=O. The number of aromatic nitrogens is 4. The number of imide groups is 1. The number of aryl methyl sites for hydroxylation is 1. The lowest BCUT2D eigenvalue weighted by Crippen LogP contribution is -2.31. The van der Waals surface area contributed by atoms with E-state index in [1.165, 1.54) is 23.1 Å². The van der Waals surface area contributed by atoms with Crippen LogP contribution in [0.4, 0.5) is 0 Å². The van der Waals surface area contributed by atoms with Gasteiger partial charge in [-0.25, -0.2) is 9.48 Å². The van der Waals surface area contributed by atoms with Gasteiger partial charge in [-0.2, -0.15) is 0 Å². The van der Waals surface area contributed by atoms with Crippen LogP contribution in [-0.2, 0) is 17.9 Å². The van der Waals surface area contributed by atoms with E-state index in [-0.39, 0.29) is 29.5 Å². The predicted molar refractivity (Wildman–Crippen MR) is 98.5 cm³/mol. The van der Waals surface area contributed by atoms with Crippen LogP contribution in [0.5, 0.6) is 0 Å². The maximum absolute atomic E-state index is 12.6. The van der Waals surface area contributed by atoms with Crippen molar-refractivity contribution < 1.29 is 19.1 Å². The van der Waals surface area contributed by atoms with E-state index in [9.17, 15) is 14.4 Å². The Morgan fingerprint density at radius 1 is 1.14 bits per heavy atom. The fourth-order valence-corrected chi connectivity index (χ4v) is 2.93. The van der Waals surface area contributed by atoms with Crippen molar-refractivity contribution >= 4 is 17.8 Å². The summed E-state index contributed by atoms with van der Waals surface area (Å²) in [5, 5.41) is 11.3. The monoisotopic (exact) mass is 385 g/mol. The average molecular weight is 385 g/mol. The zero-order chi connectivity index (χ0) is 20.3. The van der Waals surface area contributed by atoms with Crippen molar-refractivity contribution in [2.24, 2.45) is 5.92 Å². The fourth-order valence-electron chi connectivity index (χ4n) is 2.93. The van der Waals surface area contributed by atoms with Gasteiger partial charge in [0.25, 0.3) is 11.8 Å². The maximum atomic E-state index is 12.6. The Morgan fingerprint density at radius 3 is 2.61 bits per heavy atom. The van der Waals surface area contributed by atoms with Crippen LogP contribution in [0.2, 0.25) is 0 Å². The minimum atomic E-state index is -0.602. The molecule has 0 unspecified atom stereocenters. The number of carbonyl (C=O) groups is 3. The second-order valence-corrected chi connectivity index (χ2v) is 7.10. The molecule has 0 saturated carbocycles. The molecule has 1 aromatic carbocycles. The van der Waals surface area contributed by atoms with Crippen molar-refractivity contribution in [1.82, 2.24) is 25.1 Å². The van der Waals surface area contributed by atoms with E-state index < -0.39 is 5.97 Å². The Labute approximate surface area is 162 Å². The van der Waals surface area contributed by atoms with E-state index in [2.05, 4.69) is 15.5 Å². The van der Waals surface area contributed by atoms with Gasteiger partial charge in [-0.15, -0.1) is 5.10 Å². The normalized spacial score (nSPS) is 13.4. The summed E-state index contributed by atoms with van der Waals surface area (Å²) in [5.41, 5.74) is 0.761. The minimum Gasteiger partial charge on any atom is -0.454 e. The van der Waals surface area contributed by atoms with Gasteiger partial charge in [0.2, 0.25) is 0 Å². The Balaban J connectivity index is 1.70. The molecule has 148 valence electrons. The number of esters is 1. The highest BCUT2D eigenvalue weighted by molar-refractivity contribution is 6.21. The largest absolute Gasteiger partial charge is 0.454 e. The number of benzene rings is 1. The van der Waals surface area contributed by atoms with Gasteiger partial charge in [0, 0.05) is 13.1 Å². The lowest BCUT2D eigenvalue weighted by atomic mass is 10.1. The molecule has 0 N–H and O–H groups in total. The Bertz CT molecular complexity index is 905. The lowest BCUT2D eigenvalue weighted by Gasteiger charge is -2.14. The number of tetrazole rings is 1. The fraction of sp³-hybridized carbons (Fsp3) is 0.474. The van der Waals surface area contributed by atoms with Gasteiger partial charge in [-0.3, -0.25) is 14.5 Å². The average Bonchev–Trinajstić information content (AvgIpc) is 3.21. The molecule has 9 heteroatoms. The van der Waals surface area contributed by atoms with Crippen LogP contribution in [0.25, 0.3) is 0 Å². The van der Waals surface area contributed by atoms with Gasteiger partial charge in [0.1, 0.15) is 0 Å². The number of rotatable bonds is 8. The van der Waals surface area contributed by atoms with E-state index in [0.717, 1.165) is 12.8 Å². The van der Waals surface area contributed by atoms with Crippen LogP contribution < -0.4 is 0 Å². The summed E-state index contributed by atoms with van der Waals surface area (Å²) in [4.78, 5) is 38.6. The Kier molecular flexibility index (Phi) is 5.81. The first-order chi connectivity index (χ1) is 13.4. The Hall–Kier alpha value is -3.10. The van der Waals surface area contributed by atoms with E-state index in [1.807, 2.05) is 20.8 Å². The molecule has 2 amide bonds. The number of carbonyl (C=O) groups excluding carboxylic acids is 3. The molecule has 2 aromatic rings. The molecule has 9 nitrogen and oxygen atoms in total. The number of hydrogen-bond donors (Lipinski definition) is 0. The van der Waals surface area contributed by atoms with Gasteiger partial charge in [-0.1, -0.05) is 20.8 Å². The van der Waals surface area contributed by atoms with E-state index in [1.54, 1.807) is 4.68 Å². The lowest BCUT2D eigenvalue weighted by molar-refractivity contribution is 0.0456. The molecule has 2 heterocycles. The third kappa shape index (κ3) is 3.92. The summed E-state index contributed by atoms with van der Waals surface area (Å²) < 4.78 is 6.85. The van der Waals surface area contributed by atoms with Gasteiger partial charge < -0.3 is 4.74 Å². The first-order valence-corrected chi connectivity index (χ1v) is 9.34. The second-order valence-electron chi connectivity index (χ2n) is 7.10. The number of hydrogen-bond acceptors (Lipinski definition) is 7. The molecule has 0 saturated heterocycles. The molecule has 0 bridgehead atoms. The van der Waals surface area contributed by atoms with Crippen molar-refractivity contribution in [3.63, 3.8) is 0 Å². The smallest absolute Gasteiger partial charge is 0.338 e. The van der Waals surface area contributed by atoms with Gasteiger partial charge >= 0.3 is 5.97 Å². The zero-order valence-corrected chi connectivity index (χ0v) is 16.2. The molecule has 0 fully saturated rings. The molecule has 0 spiro atoms. The summed E-state index contributed by atoms with van der Waals surface area (Å²) in [6.45, 7) is 6.97. The quantitative estimate of drug-likeness (QED) is 0.506. The number of ether oxygens (including phenoxy) is 1. The first-order valence-electron chi connectivity index (χ1n) is 9.34. The molecule has 0 radical (unpaired) electrons. The number of amides is 2. The van der Waals surface area contributed by atoms with Gasteiger partial charge in [-0.05, 0) is 47.4 Å². The van der Waals surface area contributed by atoms with Gasteiger partial charge in [0.15, 0.2) is 12.4 Å². The summed E-state index contributed by atoms with van der Waals surface area (Å²) in [7, 11) is 0. The topological polar surface area (TPSA) is 107 Å². The maximum Gasteiger partial charge on any atom is 0.338 e. The van der Waals surface area contributed by atoms with Gasteiger partial charge in [0.05, 0.1) is 16.7 Å². The van der Waals surface area contributed by atoms with Crippen LogP contribution in [-0.4, -0.2) is 49.4 Å². The second kappa shape index (κ2) is 8.28. The van der Waals surface area contributed by atoms with Crippen LogP contribution in [0.15, 0.2) is 18.2 Å². The summed E-state index contributed by atoms with van der Waals surface area (Å²) in [6.07, 6.45) is 1.58. The highest BCUT2D eigenvalue weighted by Gasteiger charge is 2.35. The first kappa shape index (κ1) is 19.7. The summed E-state index contributed by atoms with van der Waals surface area (Å²) in [5.74, 6) is -0.474. The molecule has 1 aliphatic rings. The molecule has 0 atom stereocenters.